The minimum Gasteiger partial charge on any atom is -0.355 e. The predicted molar refractivity (Wildman–Crippen MR) is 113 cm³/mol. The molecular formula is C21H24FN3O3S. The fourth-order valence-corrected chi connectivity index (χ4v) is 3.37. The van der Waals surface area contributed by atoms with E-state index in [-0.39, 0.29) is 29.3 Å². The third-order valence-corrected chi connectivity index (χ3v) is 5.31. The van der Waals surface area contributed by atoms with Gasteiger partial charge in [-0.15, -0.1) is 11.8 Å². The molecule has 0 aromatic heterocycles. The van der Waals surface area contributed by atoms with Crippen molar-refractivity contribution < 1.29 is 18.8 Å². The predicted octanol–water partition coefficient (Wildman–Crippen LogP) is 2.90. The summed E-state index contributed by atoms with van der Waals surface area (Å²) in [6, 6.07) is 12.5. The highest BCUT2D eigenvalue weighted by Crippen LogP contribution is 2.16. The number of carbonyl (C=O) groups is 3. The maximum Gasteiger partial charge on any atom is 0.251 e. The highest BCUT2D eigenvalue weighted by molar-refractivity contribution is 8.01. The lowest BCUT2D eigenvalue weighted by molar-refractivity contribution is -0.129. The number of carbonyl (C=O) groups excluding carboxylic acids is 3. The maximum atomic E-state index is 12.9. The molecule has 0 spiro atoms. The molecule has 29 heavy (non-hydrogen) atoms. The highest BCUT2D eigenvalue weighted by Gasteiger charge is 2.19. The van der Waals surface area contributed by atoms with E-state index in [4.69, 9.17) is 0 Å². The maximum absolute atomic E-state index is 12.9. The Labute approximate surface area is 173 Å². The molecule has 2 aromatic rings. The van der Waals surface area contributed by atoms with Crippen molar-refractivity contribution in [1.29, 1.82) is 0 Å². The average molecular weight is 418 g/mol. The summed E-state index contributed by atoms with van der Waals surface area (Å²) in [5, 5.41) is 4.83. The highest BCUT2D eigenvalue weighted by atomic mass is 32.2. The number of halogens is 1. The van der Waals surface area contributed by atoms with Crippen LogP contribution in [0.25, 0.3) is 0 Å². The number of thioether (sulfide) groups is 1. The van der Waals surface area contributed by atoms with Gasteiger partial charge in [-0.3, -0.25) is 14.4 Å². The van der Waals surface area contributed by atoms with E-state index in [1.54, 1.807) is 38.1 Å². The SMILES string of the molecule is CNC(=O)c1ccc(CN(C)C(=O)[C@H](C)SCC(=O)Nc2ccc(F)cc2)cc1. The van der Waals surface area contributed by atoms with Crippen molar-refractivity contribution in [2.24, 2.45) is 0 Å². The van der Waals surface area contributed by atoms with E-state index < -0.39 is 5.25 Å². The second-order valence-corrected chi connectivity index (χ2v) is 7.81. The molecule has 3 amide bonds. The van der Waals surface area contributed by atoms with Gasteiger partial charge in [0.2, 0.25) is 11.8 Å². The Kier molecular flexibility index (Phi) is 8.21. The monoisotopic (exact) mass is 417 g/mol. The largest absolute Gasteiger partial charge is 0.355 e. The molecule has 0 heterocycles. The summed E-state index contributed by atoms with van der Waals surface area (Å²) in [7, 11) is 3.27. The van der Waals surface area contributed by atoms with Crippen molar-refractivity contribution in [2.75, 3.05) is 25.2 Å². The van der Waals surface area contributed by atoms with Crippen LogP contribution in [-0.2, 0) is 16.1 Å². The van der Waals surface area contributed by atoms with Gasteiger partial charge in [0.05, 0.1) is 11.0 Å². The molecule has 2 rings (SSSR count). The number of rotatable bonds is 8. The summed E-state index contributed by atoms with van der Waals surface area (Å²) in [5.74, 6) is -0.777. The van der Waals surface area contributed by atoms with Crippen LogP contribution in [0.2, 0.25) is 0 Å². The smallest absolute Gasteiger partial charge is 0.251 e. The van der Waals surface area contributed by atoms with Gasteiger partial charge in [-0.1, -0.05) is 12.1 Å². The molecule has 0 fully saturated rings. The molecule has 0 bridgehead atoms. The van der Waals surface area contributed by atoms with Gasteiger partial charge in [0.1, 0.15) is 5.82 Å². The Morgan fingerprint density at radius 3 is 2.28 bits per heavy atom. The Bertz CT molecular complexity index is 856. The van der Waals surface area contributed by atoms with Crippen molar-refractivity contribution in [2.45, 2.75) is 18.7 Å². The van der Waals surface area contributed by atoms with Gasteiger partial charge in [0, 0.05) is 31.9 Å². The Hall–Kier alpha value is -2.87. The van der Waals surface area contributed by atoms with Crippen LogP contribution in [0, 0.1) is 5.82 Å². The standard InChI is InChI=1S/C21H24FN3O3S/c1-14(29-13-19(26)24-18-10-8-17(22)9-11-18)21(28)25(3)12-15-4-6-16(7-5-15)20(27)23-2/h4-11,14H,12-13H2,1-3H3,(H,23,27)(H,24,26)/t14-/m0/s1. The van der Waals surface area contributed by atoms with Gasteiger partial charge < -0.3 is 15.5 Å². The fourth-order valence-electron chi connectivity index (χ4n) is 2.57. The topological polar surface area (TPSA) is 78.5 Å². The first kappa shape index (κ1) is 22.4. The molecule has 0 aliphatic heterocycles. The Morgan fingerprint density at radius 2 is 1.69 bits per heavy atom. The van der Waals surface area contributed by atoms with Crippen molar-refractivity contribution >= 4 is 35.2 Å². The lowest BCUT2D eigenvalue weighted by Crippen LogP contribution is -2.33. The Balaban J connectivity index is 1.81. The molecule has 0 aliphatic rings. The van der Waals surface area contributed by atoms with Gasteiger partial charge >= 0.3 is 0 Å². The van der Waals surface area contributed by atoms with E-state index in [1.165, 1.54) is 36.0 Å². The van der Waals surface area contributed by atoms with Gasteiger partial charge in [0.25, 0.3) is 5.91 Å². The lowest BCUT2D eigenvalue weighted by Gasteiger charge is -2.21. The molecule has 154 valence electrons. The van der Waals surface area contributed by atoms with E-state index in [1.807, 2.05) is 12.1 Å². The number of benzene rings is 2. The van der Waals surface area contributed by atoms with Crippen LogP contribution >= 0.6 is 11.8 Å². The summed E-state index contributed by atoms with van der Waals surface area (Å²) >= 11 is 1.23. The van der Waals surface area contributed by atoms with Crippen LogP contribution in [0.3, 0.4) is 0 Å². The number of amides is 3. The van der Waals surface area contributed by atoms with E-state index >= 15 is 0 Å². The van der Waals surface area contributed by atoms with Crippen molar-refractivity contribution in [1.82, 2.24) is 10.2 Å². The molecular weight excluding hydrogens is 393 g/mol. The van der Waals surface area contributed by atoms with Crippen molar-refractivity contribution in [3.8, 4) is 0 Å². The normalized spacial score (nSPS) is 11.4. The number of hydrogen-bond donors (Lipinski definition) is 2. The zero-order valence-corrected chi connectivity index (χ0v) is 17.4. The lowest BCUT2D eigenvalue weighted by atomic mass is 10.1. The molecule has 2 N–H and O–H groups in total. The van der Waals surface area contributed by atoms with Crippen molar-refractivity contribution in [3.63, 3.8) is 0 Å². The van der Waals surface area contributed by atoms with Crippen LogP contribution in [0.15, 0.2) is 48.5 Å². The minimum atomic E-state index is -0.399. The average Bonchev–Trinajstić information content (AvgIpc) is 2.73. The van der Waals surface area contributed by atoms with Crippen molar-refractivity contribution in [3.05, 3.63) is 65.5 Å². The van der Waals surface area contributed by atoms with E-state index in [0.29, 0.717) is 17.8 Å². The first-order valence-electron chi connectivity index (χ1n) is 9.03. The van der Waals surface area contributed by atoms with E-state index in [9.17, 15) is 18.8 Å². The fraction of sp³-hybridized carbons (Fsp3) is 0.286. The zero-order valence-electron chi connectivity index (χ0n) is 16.6. The quantitative estimate of drug-likeness (QED) is 0.692. The third kappa shape index (κ3) is 6.90. The second-order valence-electron chi connectivity index (χ2n) is 6.48. The van der Waals surface area contributed by atoms with Gasteiger partial charge in [-0.05, 0) is 48.9 Å². The summed E-state index contributed by atoms with van der Waals surface area (Å²) < 4.78 is 12.9. The summed E-state index contributed by atoms with van der Waals surface area (Å²) in [4.78, 5) is 37.7. The first-order valence-corrected chi connectivity index (χ1v) is 10.1. The Morgan fingerprint density at radius 1 is 1.07 bits per heavy atom. The summed E-state index contributed by atoms with van der Waals surface area (Å²) in [5.41, 5.74) is 1.97. The number of hydrogen-bond acceptors (Lipinski definition) is 4. The van der Waals surface area contributed by atoms with Crippen LogP contribution in [-0.4, -0.2) is 47.7 Å². The summed E-state index contributed by atoms with van der Waals surface area (Å²) in [6.45, 7) is 2.16. The van der Waals surface area contributed by atoms with Crippen LogP contribution in [0.4, 0.5) is 10.1 Å². The second kappa shape index (κ2) is 10.6. The van der Waals surface area contributed by atoms with Crippen LogP contribution in [0.1, 0.15) is 22.8 Å². The number of nitrogens with one attached hydrogen (secondary N) is 2. The van der Waals surface area contributed by atoms with Gasteiger partial charge in [0.15, 0.2) is 0 Å². The molecule has 0 radical (unpaired) electrons. The first-order chi connectivity index (χ1) is 13.8. The van der Waals surface area contributed by atoms with Crippen LogP contribution < -0.4 is 10.6 Å². The van der Waals surface area contributed by atoms with E-state index in [2.05, 4.69) is 10.6 Å². The summed E-state index contributed by atoms with van der Waals surface area (Å²) in [6.07, 6.45) is 0. The molecule has 0 aliphatic carbocycles. The van der Waals surface area contributed by atoms with Gasteiger partial charge in [-0.25, -0.2) is 4.39 Å². The zero-order chi connectivity index (χ0) is 21.4. The van der Waals surface area contributed by atoms with Crippen LogP contribution in [0.5, 0.6) is 0 Å². The molecule has 1 atom stereocenters. The third-order valence-electron chi connectivity index (χ3n) is 4.18. The molecule has 8 heteroatoms. The molecule has 0 saturated heterocycles. The number of nitrogens with zero attached hydrogens (tertiary/aromatic N) is 1. The van der Waals surface area contributed by atoms with Gasteiger partial charge in [-0.2, -0.15) is 0 Å². The molecule has 0 saturated carbocycles. The molecule has 0 unspecified atom stereocenters. The minimum absolute atomic E-state index is 0.0973. The number of anilines is 1. The molecule has 2 aromatic carbocycles. The van der Waals surface area contributed by atoms with E-state index in [0.717, 1.165) is 5.56 Å². The molecule has 6 nitrogen and oxygen atoms in total.